The Balaban J connectivity index is 1.49. The van der Waals surface area contributed by atoms with Gasteiger partial charge in [-0.25, -0.2) is 4.98 Å². The van der Waals surface area contributed by atoms with Gasteiger partial charge in [-0.15, -0.1) is 11.3 Å². The molecule has 1 aromatic carbocycles. The van der Waals surface area contributed by atoms with E-state index in [1.165, 1.54) is 23.2 Å². The van der Waals surface area contributed by atoms with Gasteiger partial charge in [-0.2, -0.15) is 0 Å². The van der Waals surface area contributed by atoms with Gasteiger partial charge in [-0.05, 0) is 62.7 Å². The van der Waals surface area contributed by atoms with Crippen molar-refractivity contribution in [2.24, 2.45) is 0 Å². The summed E-state index contributed by atoms with van der Waals surface area (Å²) < 4.78 is 12.6. The lowest BCUT2D eigenvalue weighted by Crippen LogP contribution is -2.10. The molecule has 7 heteroatoms. The van der Waals surface area contributed by atoms with Crippen LogP contribution in [0.15, 0.2) is 58.5 Å². The lowest BCUT2D eigenvalue weighted by atomic mass is 10.2. The summed E-state index contributed by atoms with van der Waals surface area (Å²) in [5.41, 5.74) is 6.33. The molecule has 0 unspecified atom stereocenters. The third-order valence-corrected chi connectivity index (χ3v) is 6.11. The second-order valence-electron chi connectivity index (χ2n) is 7.33. The molecule has 6 nitrogen and oxygen atoms in total. The number of carbonyl (C=O) groups is 1. The molecule has 0 saturated heterocycles. The fraction of sp³-hybridized carbons (Fsp3) is 0.250. The van der Waals surface area contributed by atoms with Crippen molar-refractivity contribution in [3.8, 4) is 21.8 Å². The molecular formula is C24H25N3O3S. The van der Waals surface area contributed by atoms with Gasteiger partial charge < -0.3 is 19.0 Å². The molecule has 31 heavy (non-hydrogen) atoms. The highest BCUT2D eigenvalue weighted by Gasteiger charge is 2.15. The average Bonchev–Trinajstić information content (AvgIpc) is 3.51. The first-order valence-corrected chi connectivity index (χ1v) is 11.0. The van der Waals surface area contributed by atoms with Crippen LogP contribution in [0.5, 0.6) is 0 Å². The molecule has 0 atom stereocenters. The van der Waals surface area contributed by atoms with Crippen LogP contribution in [0.1, 0.15) is 28.4 Å². The lowest BCUT2D eigenvalue weighted by molar-refractivity contribution is 0.0996. The number of benzene rings is 1. The number of anilines is 1. The highest BCUT2D eigenvalue weighted by Crippen LogP contribution is 2.32. The monoisotopic (exact) mass is 435 g/mol. The van der Waals surface area contributed by atoms with Crippen LogP contribution in [0.4, 0.5) is 5.69 Å². The minimum absolute atomic E-state index is 0.268. The Kier molecular flexibility index (Phi) is 6.34. The molecule has 0 saturated carbocycles. The molecule has 4 aromatic rings. The number of thiazole rings is 1. The molecule has 0 aliphatic heterocycles. The zero-order valence-electron chi connectivity index (χ0n) is 17.8. The zero-order valence-corrected chi connectivity index (χ0v) is 18.7. The van der Waals surface area contributed by atoms with E-state index < -0.39 is 0 Å². The van der Waals surface area contributed by atoms with Gasteiger partial charge in [0, 0.05) is 53.8 Å². The topological polar surface area (TPSA) is 69.3 Å². The van der Waals surface area contributed by atoms with Crippen LogP contribution >= 0.6 is 11.3 Å². The normalized spacial score (nSPS) is 11.1. The highest BCUT2D eigenvalue weighted by atomic mass is 32.1. The van der Waals surface area contributed by atoms with E-state index in [1.54, 1.807) is 30.6 Å². The predicted molar refractivity (Wildman–Crippen MR) is 124 cm³/mol. The van der Waals surface area contributed by atoms with Crippen LogP contribution < -0.4 is 5.32 Å². The summed E-state index contributed by atoms with van der Waals surface area (Å²) in [6, 6.07) is 13.2. The number of hydrogen-bond acceptors (Lipinski definition) is 5. The number of methoxy groups -OCH3 is 1. The Labute approximate surface area is 185 Å². The minimum Gasteiger partial charge on any atom is -0.459 e. The first-order valence-electron chi connectivity index (χ1n) is 10.1. The number of aryl methyl sites for hydroxylation is 1. The van der Waals surface area contributed by atoms with E-state index in [2.05, 4.69) is 35.2 Å². The van der Waals surface area contributed by atoms with E-state index in [-0.39, 0.29) is 11.7 Å². The Bertz CT molecular complexity index is 1160. The molecule has 0 aliphatic rings. The van der Waals surface area contributed by atoms with E-state index in [0.29, 0.717) is 5.69 Å². The highest BCUT2D eigenvalue weighted by molar-refractivity contribution is 7.13. The summed E-state index contributed by atoms with van der Waals surface area (Å²) in [5, 5.41) is 5.88. The van der Waals surface area contributed by atoms with Gasteiger partial charge in [-0.1, -0.05) is 0 Å². The molecule has 3 heterocycles. The SMILES string of the molecule is COCCCn1c(C)cc(-c2csc(-c3ccc(NC(=O)c4ccco4)cc3)n2)c1C. The summed E-state index contributed by atoms with van der Waals surface area (Å²) in [6.07, 6.45) is 2.46. The fourth-order valence-electron chi connectivity index (χ4n) is 3.60. The quantitative estimate of drug-likeness (QED) is 0.356. The van der Waals surface area contributed by atoms with E-state index >= 15 is 0 Å². The standard InChI is InChI=1S/C24H25N3O3S/c1-16-14-20(17(2)27(16)11-5-12-29-3)21-15-31-24(26-21)18-7-9-19(10-8-18)25-23(28)22-6-4-13-30-22/h4,6-10,13-15H,5,11-12H2,1-3H3,(H,25,28). The second-order valence-corrected chi connectivity index (χ2v) is 8.19. The van der Waals surface area contributed by atoms with Gasteiger partial charge in [0.05, 0.1) is 12.0 Å². The molecule has 0 radical (unpaired) electrons. The van der Waals surface area contributed by atoms with Crippen molar-refractivity contribution in [3.63, 3.8) is 0 Å². The van der Waals surface area contributed by atoms with Gasteiger partial charge in [0.1, 0.15) is 5.01 Å². The van der Waals surface area contributed by atoms with Gasteiger partial charge in [-0.3, -0.25) is 4.79 Å². The van der Waals surface area contributed by atoms with E-state index in [1.807, 2.05) is 24.3 Å². The first kappa shape index (κ1) is 21.1. The molecular weight excluding hydrogens is 410 g/mol. The number of amides is 1. The maximum Gasteiger partial charge on any atom is 0.291 e. The number of aromatic nitrogens is 2. The van der Waals surface area contributed by atoms with Crippen LogP contribution in [0.2, 0.25) is 0 Å². The van der Waals surface area contributed by atoms with Crippen LogP contribution in [-0.2, 0) is 11.3 Å². The average molecular weight is 436 g/mol. The molecule has 1 N–H and O–H groups in total. The van der Waals surface area contributed by atoms with E-state index in [4.69, 9.17) is 14.1 Å². The number of ether oxygens (including phenoxy) is 1. The van der Waals surface area contributed by atoms with E-state index in [0.717, 1.165) is 35.8 Å². The fourth-order valence-corrected chi connectivity index (χ4v) is 4.42. The number of carbonyl (C=O) groups excluding carboxylic acids is 1. The van der Waals surface area contributed by atoms with Gasteiger partial charge in [0.15, 0.2) is 5.76 Å². The number of rotatable bonds is 8. The van der Waals surface area contributed by atoms with Crippen LogP contribution in [0, 0.1) is 13.8 Å². The van der Waals surface area contributed by atoms with Crippen molar-refractivity contribution in [2.45, 2.75) is 26.8 Å². The molecule has 0 spiro atoms. The molecule has 3 aromatic heterocycles. The van der Waals surface area contributed by atoms with Crippen molar-refractivity contribution >= 4 is 22.9 Å². The summed E-state index contributed by atoms with van der Waals surface area (Å²) >= 11 is 1.62. The minimum atomic E-state index is -0.268. The summed E-state index contributed by atoms with van der Waals surface area (Å²) in [4.78, 5) is 17.0. The molecule has 0 bridgehead atoms. The number of furan rings is 1. The number of hydrogen-bond donors (Lipinski definition) is 1. The Morgan fingerprint density at radius 3 is 2.74 bits per heavy atom. The second kappa shape index (κ2) is 9.32. The largest absolute Gasteiger partial charge is 0.459 e. The summed E-state index contributed by atoms with van der Waals surface area (Å²) in [6.45, 7) is 5.97. The lowest BCUT2D eigenvalue weighted by Gasteiger charge is -2.09. The molecule has 4 rings (SSSR count). The molecule has 160 valence electrons. The predicted octanol–water partition coefficient (Wildman–Crippen LogP) is 5.78. The molecule has 1 amide bonds. The van der Waals surface area contributed by atoms with Crippen LogP contribution in [-0.4, -0.2) is 29.2 Å². The van der Waals surface area contributed by atoms with Crippen LogP contribution in [0.3, 0.4) is 0 Å². The number of nitrogens with zero attached hydrogens (tertiary/aromatic N) is 2. The van der Waals surface area contributed by atoms with E-state index in [9.17, 15) is 4.79 Å². The first-order chi connectivity index (χ1) is 15.1. The summed E-state index contributed by atoms with van der Waals surface area (Å²) in [7, 11) is 1.73. The third kappa shape index (κ3) is 4.62. The van der Waals surface area contributed by atoms with Crippen molar-refractivity contribution in [2.75, 3.05) is 19.0 Å². The number of nitrogens with one attached hydrogen (secondary N) is 1. The van der Waals surface area contributed by atoms with Gasteiger partial charge in [0.2, 0.25) is 0 Å². The summed E-state index contributed by atoms with van der Waals surface area (Å²) in [5.74, 6) is 0.0172. The Morgan fingerprint density at radius 1 is 1.23 bits per heavy atom. The maximum atomic E-state index is 12.1. The molecule has 0 aliphatic carbocycles. The smallest absolute Gasteiger partial charge is 0.291 e. The van der Waals surface area contributed by atoms with Crippen molar-refractivity contribution in [3.05, 3.63) is 71.3 Å². The van der Waals surface area contributed by atoms with Crippen molar-refractivity contribution in [1.29, 1.82) is 0 Å². The Morgan fingerprint density at radius 2 is 2.03 bits per heavy atom. The van der Waals surface area contributed by atoms with Crippen molar-refractivity contribution in [1.82, 2.24) is 9.55 Å². The third-order valence-electron chi connectivity index (χ3n) is 5.22. The zero-order chi connectivity index (χ0) is 21.8. The van der Waals surface area contributed by atoms with Gasteiger partial charge in [0.25, 0.3) is 5.91 Å². The van der Waals surface area contributed by atoms with Crippen LogP contribution in [0.25, 0.3) is 21.8 Å². The van der Waals surface area contributed by atoms with Crippen molar-refractivity contribution < 1.29 is 13.9 Å². The maximum absolute atomic E-state index is 12.1. The Hall–Kier alpha value is -3.16. The molecule has 0 fully saturated rings. The van der Waals surface area contributed by atoms with Gasteiger partial charge >= 0.3 is 0 Å².